The molecule has 0 spiro atoms. The lowest BCUT2D eigenvalue weighted by Gasteiger charge is -2.10. The van der Waals surface area contributed by atoms with Crippen LogP contribution in [0.5, 0.6) is 5.75 Å². The Morgan fingerprint density at radius 3 is 2.68 bits per heavy atom. The van der Waals surface area contributed by atoms with Crippen LogP contribution in [0.1, 0.15) is 5.56 Å². The second-order valence-corrected chi connectivity index (χ2v) is 5.02. The molecule has 1 N–H and O–H groups in total. The third kappa shape index (κ3) is 3.01. The van der Waals surface area contributed by atoms with E-state index in [1.807, 2.05) is 36.4 Å². The zero-order valence-electron chi connectivity index (χ0n) is 12.3. The van der Waals surface area contributed by atoms with Crippen molar-refractivity contribution in [3.8, 4) is 5.75 Å². The summed E-state index contributed by atoms with van der Waals surface area (Å²) in [5.74, 6) is 0.559. The summed E-state index contributed by atoms with van der Waals surface area (Å²) in [6.45, 7) is 0.766. The molecule has 0 aliphatic heterocycles. The Balaban J connectivity index is 1.70. The van der Waals surface area contributed by atoms with Crippen LogP contribution in [-0.4, -0.2) is 18.6 Å². The van der Waals surface area contributed by atoms with Gasteiger partial charge in [0.2, 0.25) is 0 Å². The lowest BCUT2D eigenvalue weighted by Crippen LogP contribution is -2.05. The van der Waals surface area contributed by atoms with Crippen LogP contribution in [0.3, 0.4) is 0 Å². The number of para-hydroxylation sites is 1. The third-order valence-corrected chi connectivity index (χ3v) is 3.61. The maximum Gasteiger partial charge on any atom is 0.149 e. The molecule has 0 saturated carbocycles. The topological polar surface area (TPSA) is 34.1 Å². The van der Waals surface area contributed by atoms with E-state index in [4.69, 9.17) is 4.74 Å². The van der Waals surface area contributed by atoms with Crippen LogP contribution in [-0.2, 0) is 6.42 Å². The number of nitrogens with one attached hydrogen (secondary N) is 1. The summed E-state index contributed by atoms with van der Waals surface area (Å²) in [5, 5.41) is 4.16. The number of methoxy groups -OCH3 is 1. The van der Waals surface area contributed by atoms with Crippen molar-refractivity contribution in [3.63, 3.8) is 0 Å². The highest BCUT2D eigenvalue weighted by Gasteiger charge is 2.05. The molecule has 0 aliphatic carbocycles. The minimum Gasteiger partial charge on any atom is -0.497 e. The quantitative estimate of drug-likeness (QED) is 0.771. The SMILES string of the molecule is COc1ccc(CCNc2ccnc3c(F)cccc23)cc1. The summed E-state index contributed by atoms with van der Waals surface area (Å²) in [4.78, 5) is 4.10. The van der Waals surface area contributed by atoms with Crippen molar-refractivity contribution >= 4 is 16.6 Å². The summed E-state index contributed by atoms with van der Waals surface area (Å²) < 4.78 is 18.9. The molecular formula is C18H17FN2O. The Morgan fingerprint density at radius 1 is 1.09 bits per heavy atom. The van der Waals surface area contributed by atoms with Gasteiger partial charge in [-0.1, -0.05) is 24.3 Å². The molecule has 3 rings (SSSR count). The van der Waals surface area contributed by atoms with Crippen molar-refractivity contribution in [2.45, 2.75) is 6.42 Å². The van der Waals surface area contributed by atoms with Gasteiger partial charge in [0.1, 0.15) is 17.1 Å². The van der Waals surface area contributed by atoms with E-state index < -0.39 is 0 Å². The first-order chi connectivity index (χ1) is 10.8. The highest BCUT2D eigenvalue weighted by atomic mass is 19.1. The number of aromatic nitrogens is 1. The molecule has 0 aliphatic rings. The molecule has 0 unspecified atom stereocenters. The molecule has 0 atom stereocenters. The van der Waals surface area contributed by atoms with E-state index in [1.165, 1.54) is 11.6 Å². The molecule has 0 saturated heterocycles. The second kappa shape index (κ2) is 6.43. The normalized spacial score (nSPS) is 10.6. The Morgan fingerprint density at radius 2 is 1.91 bits per heavy atom. The van der Waals surface area contributed by atoms with E-state index in [1.54, 1.807) is 19.4 Å². The Hall–Kier alpha value is -2.62. The van der Waals surface area contributed by atoms with Crippen molar-refractivity contribution < 1.29 is 9.13 Å². The number of ether oxygens (including phenoxy) is 1. The van der Waals surface area contributed by atoms with Crippen molar-refractivity contribution in [3.05, 3.63) is 66.1 Å². The molecule has 4 heteroatoms. The lowest BCUT2D eigenvalue weighted by molar-refractivity contribution is 0.414. The molecule has 0 bridgehead atoms. The zero-order valence-corrected chi connectivity index (χ0v) is 12.3. The number of fused-ring (bicyclic) bond motifs is 1. The third-order valence-electron chi connectivity index (χ3n) is 3.61. The van der Waals surface area contributed by atoms with Gasteiger partial charge in [-0.05, 0) is 36.2 Å². The van der Waals surface area contributed by atoms with Crippen LogP contribution in [0.4, 0.5) is 10.1 Å². The van der Waals surface area contributed by atoms with Crippen molar-refractivity contribution in [1.29, 1.82) is 0 Å². The van der Waals surface area contributed by atoms with Crippen molar-refractivity contribution in [2.24, 2.45) is 0 Å². The zero-order chi connectivity index (χ0) is 15.4. The van der Waals surface area contributed by atoms with E-state index in [0.29, 0.717) is 5.52 Å². The van der Waals surface area contributed by atoms with Gasteiger partial charge in [-0.25, -0.2) is 4.39 Å². The number of rotatable bonds is 5. The summed E-state index contributed by atoms with van der Waals surface area (Å²) >= 11 is 0. The van der Waals surface area contributed by atoms with E-state index in [2.05, 4.69) is 10.3 Å². The summed E-state index contributed by atoms with van der Waals surface area (Å²) in [6, 6.07) is 14.9. The fraction of sp³-hybridized carbons (Fsp3) is 0.167. The minimum atomic E-state index is -0.295. The number of nitrogens with zero attached hydrogens (tertiary/aromatic N) is 1. The largest absolute Gasteiger partial charge is 0.497 e. The first kappa shape index (κ1) is 14.3. The molecule has 112 valence electrons. The fourth-order valence-corrected chi connectivity index (χ4v) is 2.43. The summed E-state index contributed by atoms with van der Waals surface area (Å²) in [7, 11) is 1.66. The highest BCUT2D eigenvalue weighted by molar-refractivity contribution is 5.91. The predicted molar refractivity (Wildman–Crippen MR) is 86.9 cm³/mol. The number of benzene rings is 2. The number of pyridine rings is 1. The second-order valence-electron chi connectivity index (χ2n) is 5.02. The molecule has 0 radical (unpaired) electrons. The van der Waals surface area contributed by atoms with Gasteiger partial charge in [0.25, 0.3) is 0 Å². The van der Waals surface area contributed by atoms with E-state index in [-0.39, 0.29) is 5.82 Å². The Labute approximate surface area is 128 Å². The van der Waals surface area contributed by atoms with Crippen molar-refractivity contribution in [2.75, 3.05) is 19.0 Å². The van der Waals surface area contributed by atoms with Crippen LogP contribution in [0.2, 0.25) is 0 Å². The maximum atomic E-state index is 13.7. The van der Waals surface area contributed by atoms with E-state index in [0.717, 1.165) is 29.8 Å². The lowest BCUT2D eigenvalue weighted by atomic mass is 10.1. The standard InChI is InChI=1S/C18H17FN2O/c1-22-14-7-5-13(6-8-14)9-11-20-17-10-12-21-18-15(17)3-2-4-16(18)19/h2-8,10,12H,9,11H2,1H3,(H,20,21). The number of hydrogen-bond acceptors (Lipinski definition) is 3. The number of anilines is 1. The first-order valence-electron chi connectivity index (χ1n) is 7.18. The number of halogens is 1. The van der Waals surface area contributed by atoms with Crippen LogP contribution in [0, 0.1) is 5.82 Å². The van der Waals surface area contributed by atoms with Crippen LogP contribution >= 0.6 is 0 Å². The number of hydrogen-bond donors (Lipinski definition) is 1. The van der Waals surface area contributed by atoms with Gasteiger partial charge in [0.05, 0.1) is 7.11 Å². The van der Waals surface area contributed by atoms with Gasteiger partial charge in [0.15, 0.2) is 0 Å². The van der Waals surface area contributed by atoms with Crippen molar-refractivity contribution in [1.82, 2.24) is 4.98 Å². The molecule has 1 heterocycles. The van der Waals surface area contributed by atoms with Gasteiger partial charge in [-0.2, -0.15) is 0 Å². The minimum absolute atomic E-state index is 0.295. The molecule has 0 amide bonds. The van der Waals surface area contributed by atoms with Gasteiger partial charge in [0, 0.05) is 23.8 Å². The Bertz CT molecular complexity index is 772. The molecule has 22 heavy (non-hydrogen) atoms. The van der Waals surface area contributed by atoms with Crippen LogP contribution in [0.15, 0.2) is 54.7 Å². The smallest absolute Gasteiger partial charge is 0.149 e. The van der Waals surface area contributed by atoms with Gasteiger partial charge >= 0.3 is 0 Å². The average Bonchev–Trinajstić information content (AvgIpc) is 2.56. The van der Waals surface area contributed by atoms with Crippen LogP contribution in [0.25, 0.3) is 10.9 Å². The molecular weight excluding hydrogens is 279 g/mol. The highest BCUT2D eigenvalue weighted by Crippen LogP contribution is 2.23. The summed E-state index contributed by atoms with van der Waals surface area (Å²) in [6.07, 6.45) is 2.50. The maximum absolute atomic E-state index is 13.7. The first-order valence-corrected chi connectivity index (χ1v) is 7.18. The van der Waals surface area contributed by atoms with Gasteiger partial charge in [-0.3, -0.25) is 4.98 Å². The molecule has 3 aromatic rings. The molecule has 2 aromatic carbocycles. The van der Waals surface area contributed by atoms with E-state index in [9.17, 15) is 4.39 Å². The molecule has 0 fully saturated rings. The summed E-state index contributed by atoms with van der Waals surface area (Å²) in [5.41, 5.74) is 2.52. The predicted octanol–water partition coefficient (Wildman–Crippen LogP) is 4.04. The fourth-order valence-electron chi connectivity index (χ4n) is 2.43. The van der Waals surface area contributed by atoms with Gasteiger partial charge < -0.3 is 10.1 Å². The van der Waals surface area contributed by atoms with Gasteiger partial charge in [-0.15, -0.1) is 0 Å². The monoisotopic (exact) mass is 296 g/mol. The molecule has 1 aromatic heterocycles. The molecule has 3 nitrogen and oxygen atoms in total. The average molecular weight is 296 g/mol. The van der Waals surface area contributed by atoms with Crippen LogP contribution < -0.4 is 10.1 Å². The van der Waals surface area contributed by atoms with E-state index >= 15 is 0 Å². The Kier molecular flexibility index (Phi) is 4.19.